The number of allylic oxidation sites excluding steroid dienone is 1. The highest BCUT2D eigenvalue weighted by Gasteiger charge is 2.17. The average Bonchev–Trinajstić information content (AvgIpc) is 2.88. The highest BCUT2D eigenvalue weighted by molar-refractivity contribution is 5.76. The van der Waals surface area contributed by atoms with Crippen molar-refractivity contribution in [2.24, 2.45) is 0 Å². The molecule has 4 nitrogen and oxygen atoms in total. The molecule has 36 heavy (non-hydrogen) atoms. The Balaban J connectivity index is 3.65. The van der Waals surface area contributed by atoms with Gasteiger partial charge in [0, 0.05) is 6.42 Å². The van der Waals surface area contributed by atoms with Crippen molar-refractivity contribution in [2.45, 2.75) is 180 Å². The number of nitrogens with one attached hydrogen (secondary N) is 1. The standard InChI is InChI=1S/C32H63NO3/c1-3-5-7-9-11-13-15-16-17-18-19-21-23-25-27-31(35)30(29-34)33-32(36)28-26-24-22-20-14-12-10-8-6-4-2/h25,27,30-31,34-35H,3-24,26,28-29H2,1-2H3,(H,33,36)/b27-25+. The molecular formula is C32H63NO3. The summed E-state index contributed by atoms with van der Waals surface area (Å²) < 4.78 is 0. The fourth-order valence-corrected chi connectivity index (χ4v) is 4.76. The zero-order chi connectivity index (χ0) is 26.5. The Bertz CT molecular complexity index is 480. The van der Waals surface area contributed by atoms with Crippen LogP contribution in [0.2, 0.25) is 0 Å². The van der Waals surface area contributed by atoms with Crippen LogP contribution < -0.4 is 5.32 Å². The fraction of sp³-hybridized carbons (Fsp3) is 0.906. The van der Waals surface area contributed by atoms with E-state index in [2.05, 4.69) is 19.2 Å². The molecule has 4 heteroatoms. The normalized spacial score (nSPS) is 13.3. The second-order valence-corrected chi connectivity index (χ2v) is 10.9. The van der Waals surface area contributed by atoms with Gasteiger partial charge >= 0.3 is 0 Å². The molecule has 3 N–H and O–H groups in total. The number of amides is 1. The van der Waals surface area contributed by atoms with Crippen LogP contribution in [-0.4, -0.2) is 34.9 Å². The molecule has 0 aliphatic carbocycles. The molecule has 0 bridgehead atoms. The molecule has 214 valence electrons. The van der Waals surface area contributed by atoms with E-state index in [0.29, 0.717) is 6.42 Å². The lowest BCUT2D eigenvalue weighted by Crippen LogP contribution is -2.45. The Morgan fingerprint density at radius 1 is 0.639 bits per heavy atom. The second-order valence-electron chi connectivity index (χ2n) is 10.9. The number of aliphatic hydroxyl groups is 2. The van der Waals surface area contributed by atoms with Gasteiger partial charge in [0.2, 0.25) is 5.91 Å². The Morgan fingerprint density at radius 2 is 1.03 bits per heavy atom. The maximum atomic E-state index is 12.2. The van der Waals surface area contributed by atoms with Crippen LogP contribution in [0.5, 0.6) is 0 Å². The van der Waals surface area contributed by atoms with E-state index in [-0.39, 0.29) is 12.5 Å². The molecule has 0 aromatic carbocycles. The lowest BCUT2D eigenvalue weighted by molar-refractivity contribution is -0.123. The predicted molar refractivity (Wildman–Crippen MR) is 156 cm³/mol. The molecule has 0 fully saturated rings. The molecule has 0 saturated carbocycles. The molecule has 1 amide bonds. The number of rotatable bonds is 28. The number of hydrogen-bond acceptors (Lipinski definition) is 3. The van der Waals surface area contributed by atoms with Gasteiger partial charge in [-0.3, -0.25) is 4.79 Å². The van der Waals surface area contributed by atoms with E-state index >= 15 is 0 Å². The average molecular weight is 510 g/mol. The summed E-state index contributed by atoms with van der Waals surface area (Å²) in [4.78, 5) is 12.2. The Labute approximate surface area is 225 Å². The van der Waals surface area contributed by atoms with E-state index in [1.807, 2.05) is 6.08 Å². The van der Waals surface area contributed by atoms with Crippen LogP contribution in [0.15, 0.2) is 12.2 Å². The number of carbonyl (C=O) groups is 1. The van der Waals surface area contributed by atoms with Crippen LogP contribution in [0, 0.1) is 0 Å². The van der Waals surface area contributed by atoms with Gasteiger partial charge in [0.1, 0.15) is 0 Å². The predicted octanol–water partition coefficient (Wildman–Crippen LogP) is 8.78. The Morgan fingerprint density at radius 3 is 1.44 bits per heavy atom. The molecule has 0 aromatic rings. The van der Waals surface area contributed by atoms with Crippen LogP contribution in [-0.2, 0) is 4.79 Å². The van der Waals surface area contributed by atoms with Crippen molar-refractivity contribution in [2.75, 3.05) is 6.61 Å². The molecule has 0 spiro atoms. The van der Waals surface area contributed by atoms with Gasteiger partial charge in [-0.2, -0.15) is 0 Å². The minimum Gasteiger partial charge on any atom is -0.394 e. The molecule has 0 aliphatic heterocycles. The first-order valence-electron chi connectivity index (χ1n) is 15.9. The third-order valence-electron chi connectivity index (χ3n) is 7.27. The van der Waals surface area contributed by atoms with Gasteiger partial charge in [-0.15, -0.1) is 0 Å². The number of aliphatic hydroxyl groups excluding tert-OH is 2. The maximum Gasteiger partial charge on any atom is 0.220 e. The molecule has 0 saturated heterocycles. The van der Waals surface area contributed by atoms with E-state index in [1.165, 1.54) is 122 Å². The largest absolute Gasteiger partial charge is 0.394 e. The number of hydrogen-bond donors (Lipinski definition) is 3. The van der Waals surface area contributed by atoms with Gasteiger partial charge in [0.15, 0.2) is 0 Å². The summed E-state index contributed by atoms with van der Waals surface area (Å²) in [5.41, 5.74) is 0. The molecule has 0 aliphatic rings. The quantitative estimate of drug-likeness (QED) is 0.0729. The molecule has 2 atom stereocenters. The van der Waals surface area contributed by atoms with Crippen LogP contribution >= 0.6 is 0 Å². The first-order valence-corrected chi connectivity index (χ1v) is 15.9. The van der Waals surface area contributed by atoms with E-state index in [4.69, 9.17) is 0 Å². The van der Waals surface area contributed by atoms with E-state index in [9.17, 15) is 15.0 Å². The number of carbonyl (C=O) groups excluding carboxylic acids is 1. The first-order chi connectivity index (χ1) is 17.7. The second kappa shape index (κ2) is 28.7. The Hall–Kier alpha value is -0.870. The van der Waals surface area contributed by atoms with E-state index in [0.717, 1.165) is 25.7 Å². The highest BCUT2D eigenvalue weighted by Crippen LogP contribution is 2.13. The van der Waals surface area contributed by atoms with E-state index in [1.54, 1.807) is 6.08 Å². The summed E-state index contributed by atoms with van der Waals surface area (Å²) in [6, 6.07) is -0.612. The summed E-state index contributed by atoms with van der Waals surface area (Å²) in [7, 11) is 0. The van der Waals surface area contributed by atoms with Crippen LogP contribution in [0.25, 0.3) is 0 Å². The first kappa shape index (κ1) is 35.1. The van der Waals surface area contributed by atoms with Crippen molar-refractivity contribution in [1.82, 2.24) is 5.32 Å². The molecule has 0 radical (unpaired) electrons. The topological polar surface area (TPSA) is 69.6 Å². The summed E-state index contributed by atoms with van der Waals surface area (Å²) in [5.74, 6) is -0.0676. The monoisotopic (exact) mass is 509 g/mol. The lowest BCUT2D eigenvalue weighted by atomic mass is 10.0. The molecule has 0 aromatic heterocycles. The molecule has 0 rings (SSSR count). The van der Waals surface area contributed by atoms with Crippen molar-refractivity contribution < 1.29 is 15.0 Å². The van der Waals surface area contributed by atoms with Crippen molar-refractivity contribution in [3.63, 3.8) is 0 Å². The molecule has 2 unspecified atom stereocenters. The highest BCUT2D eigenvalue weighted by atomic mass is 16.3. The smallest absolute Gasteiger partial charge is 0.220 e. The van der Waals surface area contributed by atoms with Gasteiger partial charge in [-0.1, -0.05) is 154 Å². The van der Waals surface area contributed by atoms with Gasteiger partial charge in [0.25, 0.3) is 0 Å². The molecule has 0 heterocycles. The maximum absolute atomic E-state index is 12.2. The van der Waals surface area contributed by atoms with Crippen molar-refractivity contribution >= 4 is 5.91 Å². The molecular weight excluding hydrogens is 446 g/mol. The Kier molecular flexibility index (Phi) is 28.0. The minimum absolute atomic E-state index is 0.0676. The van der Waals surface area contributed by atoms with Crippen molar-refractivity contribution in [3.05, 3.63) is 12.2 Å². The van der Waals surface area contributed by atoms with Crippen LogP contribution in [0.3, 0.4) is 0 Å². The SMILES string of the molecule is CCCCCCCCCCCCCC/C=C/C(O)C(CO)NC(=O)CCCCCCCCCCCC. The third kappa shape index (κ3) is 24.8. The summed E-state index contributed by atoms with van der Waals surface area (Å²) in [6.07, 6.45) is 32.8. The fourth-order valence-electron chi connectivity index (χ4n) is 4.76. The zero-order valence-corrected chi connectivity index (χ0v) is 24.3. The summed E-state index contributed by atoms with van der Waals surface area (Å²) in [6.45, 7) is 4.27. The van der Waals surface area contributed by atoms with Gasteiger partial charge in [-0.05, 0) is 19.3 Å². The van der Waals surface area contributed by atoms with Gasteiger partial charge in [-0.25, -0.2) is 0 Å². The van der Waals surface area contributed by atoms with E-state index < -0.39 is 12.1 Å². The number of unbranched alkanes of at least 4 members (excludes halogenated alkanes) is 21. The van der Waals surface area contributed by atoms with Crippen LogP contribution in [0.1, 0.15) is 168 Å². The van der Waals surface area contributed by atoms with Crippen molar-refractivity contribution in [3.8, 4) is 0 Å². The van der Waals surface area contributed by atoms with Gasteiger partial charge < -0.3 is 15.5 Å². The third-order valence-corrected chi connectivity index (χ3v) is 7.27. The summed E-state index contributed by atoms with van der Waals surface area (Å²) >= 11 is 0. The summed E-state index contributed by atoms with van der Waals surface area (Å²) in [5, 5.41) is 22.7. The van der Waals surface area contributed by atoms with Crippen LogP contribution in [0.4, 0.5) is 0 Å². The minimum atomic E-state index is -0.830. The zero-order valence-electron chi connectivity index (χ0n) is 24.3. The lowest BCUT2D eigenvalue weighted by Gasteiger charge is -2.20. The van der Waals surface area contributed by atoms with Crippen molar-refractivity contribution in [1.29, 1.82) is 0 Å². The van der Waals surface area contributed by atoms with Gasteiger partial charge in [0.05, 0.1) is 18.8 Å².